The van der Waals surface area contributed by atoms with Gasteiger partial charge in [0, 0.05) is 4.88 Å². The Morgan fingerprint density at radius 2 is 1.87 bits per heavy atom. The molecule has 1 aliphatic carbocycles. The van der Waals surface area contributed by atoms with E-state index in [0.717, 1.165) is 47.3 Å². The van der Waals surface area contributed by atoms with Crippen molar-refractivity contribution in [3.05, 3.63) is 57.5 Å². The topological polar surface area (TPSA) is 96.9 Å². The van der Waals surface area contributed by atoms with Crippen LogP contribution in [0.25, 0.3) is 6.08 Å². The van der Waals surface area contributed by atoms with Gasteiger partial charge >= 0.3 is 17.8 Å². The third kappa shape index (κ3) is 5.88. The minimum Gasteiger partial charge on any atom is -0.462 e. The zero-order valence-electron chi connectivity index (χ0n) is 17.6. The molecule has 162 valence electrons. The van der Waals surface area contributed by atoms with Gasteiger partial charge in [0.2, 0.25) is 0 Å². The fourth-order valence-electron chi connectivity index (χ4n) is 3.33. The Hall–Kier alpha value is -3.26. The zero-order valence-corrected chi connectivity index (χ0v) is 18.4. The predicted octanol–water partition coefficient (Wildman–Crippen LogP) is 3.95. The molecule has 1 aliphatic rings. The first-order valence-corrected chi connectivity index (χ1v) is 11.0. The van der Waals surface area contributed by atoms with Crippen LogP contribution >= 0.6 is 11.3 Å². The van der Waals surface area contributed by atoms with Gasteiger partial charge in [-0.1, -0.05) is 36.4 Å². The molecule has 0 saturated heterocycles. The van der Waals surface area contributed by atoms with Crippen molar-refractivity contribution in [2.24, 2.45) is 5.10 Å². The van der Waals surface area contributed by atoms with Crippen LogP contribution in [0.1, 0.15) is 53.1 Å². The Morgan fingerprint density at radius 1 is 1.13 bits per heavy atom. The molecule has 0 spiro atoms. The van der Waals surface area contributed by atoms with Gasteiger partial charge in [0.1, 0.15) is 5.00 Å². The number of aryl methyl sites for hydroxylation is 1. The standard InChI is InChI=1S/C23H25N3O4S/c1-3-30-23(29)19-17-11-7-8-12-18(17)31-22(19)25-20(27)21(28)26-24-14-15(2)13-16-9-5-4-6-10-16/h4-6,9-10,13-14H,3,7-8,11-12H2,1-2H3,(H,25,27)(H,26,28)/b15-13-,24-14+. The first-order valence-electron chi connectivity index (χ1n) is 10.2. The molecule has 1 aromatic carbocycles. The Morgan fingerprint density at radius 3 is 2.61 bits per heavy atom. The normalized spacial score (nSPS) is 13.5. The molecule has 8 heteroatoms. The number of carbonyl (C=O) groups excluding carboxylic acids is 3. The van der Waals surface area contributed by atoms with Gasteiger partial charge in [0.25, 0.3) is 0 Å². The first kappa shape index (κ1) is 22.4. The fraction of sp³-hybridized carbons (Fsp3) is 0.304. The van der Waals surface area contributed by atoms with Crippen LogP contribution in [0.2, 0.25) is 0 Å². The number of hydrogen-bond acceptors (Lipinski definition) is 6. The summed E-state index contributed by atoms with van der Waals surface area (Å²) in [4.78, 5) is 38.0. The largest absolute Gasteiger partial charge is 0.462 e. The summed E-state index contributed by atoms with van der Waals surface area (Å²) in [5.74, 6) is -2.27. The van der Waals surface area contributed by atoms with Crippen molar-refractivity contribution in [3.63, 3.8) is 0 Å². The highest BCUT2D eigenvalue weighted by atomic mass is 32.1. The highest BCUT2D eigenvalue weighted by molar-refractivity contribution is 7.17. The van der Waals surface area contributed by atoms with E-state index in [4.69, 9.17) is 4.74 Å². The highest BCUT2D eigenvalue weighted by Crippen LogP contribution is 2.38. The summed E-state index contributed by atoms with van der Waals surface area (Å²) >= 11 is 1.33. The molecule has 1 aromatic heterocycles. The molecule has 0 aliphatic heterocycles. The molecule has 0 fully saturated rings. The highest BCUT2D eigenvalue weighted by Gasteiger charge is 2.28. The van der Waals surface area contributed by atoms with E-state index in [9.17, 15) is 14.4 Å². The Labute approximate surface area is 185 Å². The van der Waals surface area contributed by atoms with Crippen molar-refractivity contribution in [3.8, 4) is 0 Å². The monoisotopic (exact) mass is 439 g/mol. The van der Waals surface area contributed by atoms with Crippen molar-refractivity contribution < 1.29 is 19.1 Å². The molecular formula is C23H25N3O4S. The van der Waals surface area contributed by atoms with Gasteiger partial charge in [-0.15, -0.1) is 11.3 Å². The van der Waals surface area contributed by atoms with E-state index in [1.807, 2.05) is 43.3 Å². The van der Waals surface area contributed by atoms with Crippen LogP contribution in [0.5, 0.6) is 0 Å². The molecule has 0 saturated carbocycles. The summed E-state index contributed by atoms with van der Waals surface area (Å²) in [5, 5.41) is 6.76. The maximum Gasteiger partial charge on any atom is 0.341 e. The fourth-order valence-corrected chi connectivity index (χ4v) is 4.60. The Balaban J connectivity index is 1.66. The summed E-state index contributed by atoms with van der Waals surface area (Å²) in [6.07, 6.45) is 7.00. The predicted molar refractivity (Wildman–Crippen MR) is 122 cm³/mol. The van der Waals surface area contributed by atoms with Gasteiger partial charge in [-0.2, -0.15) is 5.10 Å². The van der Waals surface area contributed by atoms with Crippen LogP contribution in [-0.4, -0.2) is 30.6 Å². The minimum atomic E-state index is -0.912. The number of benzene rings is 1. The smallest absolute Gasteiger partial charge is 0.341 e. The van der Waals surface area contributed by atoms with Crippen molar-refractivity contribution in [1.82, 2.24) is 5.43 Å². The average molecular weight is 440 g/mol. The van der Waals surface area contributed by atoms with E-state index >= 15 is 0 Å². The number of amides is 2. The molecule has 0 bridgehead atoms. The van der Waals surface area contributed by atoms with Crippen LogP contribution in [0.15, 0.2) is 41.0 Å². The van der Waals surface area contributed by atoms with Gasteiger partial charge in [-0.25, -0.2) is 10.2 Å². The molecule has 2 amide bonds. The zero-order chi connectivity index (χ0) is 22.2. The van der Waals surface area contributed by atoms with Gasteiger partial charge in [0.05, 0.1) is 18.4 Å². The van der Waals surface area contributed by atoms with E-state index < -0.39 is 17.8 Å². The van der Waals surface area contributed by atoms with Gasteiger partial charge in [0.15, 0.2) is 0 Å². The summed E-state index contributed by atoms with van der Waals surface area (Å²) in [6, 6.07) is 9.68. The van der Waals surface area contributed by atoms with Gasteiger partial charge in [-0.3, -0.25) is 9.59 Å². The molecule has 31 heavy (non-hydrogen) atoms. The van der Waals surface area contributed by atoms with Crippen molar-refractivity contribution in [2.75, 3.05) is 11.9 Å². The quantitative estimate of drug-likeness (QED) is 0.308. The SMILES string of the molecule is CCOC(=O)c1c(NC(=O)C(=O)N/N=C/C(C)=C\c2ccccc2)sc2c1CCCC2. The molecule has 0 radical (unpaired) electrons. The number of anilines is 1. The van der Waals surface area contributed by atoms with Crippen LogP contribution in [0.3, 0.4) is 0 Å². The number of thiophene rings is 1. The Kier molecular flexibility index (Phi) is 7.72. The summed E-state index contributed by atoms with van der Waals surface area (Å²) in [7, 11) is 0. The van der Waals surface area contributed by atoms with E-state index in [2.05, 4.69) is 15.8 Å². The lowest BCUT2D eigenvalue weighted by atomic mass is 9.95. The summed E-state index contributed by atoms with van der Waals surface area (Å²) in [6.45, 7) is 3.81. The lowest BCUT2D eigenvalue weighted by Gasteiger charge is -2.12. The van der Waals surface area contributed by atoms with Crippen LogP contribution in [-0.2, 0) is 27.2 Å². The number of fused-ring (bicyclic) bond motifs is 1. The van der Waals surface area contributed by atoms with E-state index in [1.165, 1.54) is 17.6 Å². The number of carbonyl (C=O) groups is 3. The number of hydrazone groups is 1. The second kappa shape index (κ2) is 10.7. The van der Waals surface area contributed by atoms with Crippen molar-refractivity contribution in [2.45, 2.75) is 39.5 Å². The number of rotatable bonds is 6. The summed E-state index contributed by atoms with van der Waals surface area (Å²) in [5.41, 5.74) is 5.32. The number of nitrogens with one attached hydrogen (secondary N) is 2. The lowest BCUT2D eigenvalue weighted by Crippen LogP contribution is -2.32. The molecule has 0 unspecified atom stereocenters. The number of hydrogen-bond donors (Lipinski definition) is 2. The maximum absolute atomic E-state index is 12.4. The molecule has 2 N–H and O–H groups in total. The van der Waals surface area contributed by atoms with Crippen LogP contribution in [0.4, 0.5) is 5.00 Å². The van der Waals surface area contributed by atoms with Crippen molar-refractivity contribution in [1.29, 1.82) is 0 Å². The molecule has 0 atom stereocenters. The van der Waals surface area contributed by atoms with Crippen molar-refractivity contribution >= 4 is 46.4 Å². The molecule has 7 nitrogen and oxygen atoms in total. The van der Waals surface area contributed by atoms with Gasteiger partial charge in [-0.05, 0) is 56.2 Å². The third-order valence-electron chi connectivity index (χ3n) is 4.71. The van der Waals surface area contributed by atoms with E-state index in [0.29, 0.717) is 10.6 Å². The second-order valence-electron chi connectivity index (χ2n) is 7.09. The van der Waals surface area contributed by atoms with E-state index in [-0.39, 0.29) is 6.61 Å². The Bertz CT molecular complexity index is 1020. The minimum absolute atomic E-state index is 0.238. The second-order valence-corrected chi connectivity index (χ2v) is 8.19. The van der Waals surface area contributed by atoms with Crippen LogP contribution < -0.4 is 10.7 Å². The summed E-state index contributed by atoms with van der Waals surface area (Å²) < 4.78 is 5.16. The maximum atomic E-state index is 12.4. The molecule has 2 aromatic rings. The molecular weight excluding hydrogens is 414 g/mol. The number of ether oxygens (including phenoxy) is 1. The third-order valence-corrected chi connectivity index (χ3v) is 5.92. The average Bonchev–Trinajstić information content (AvgIpc) is 3.12. The number of nitrogens with zero attached hydrogens (tertiary/aromatic N) is 1. The molecule has 3 rings (SSSR count). The first-order chi connectivity index (χ1) is 15.0. The lowest BCUT2D eigenvalue weighted by molar-refractivity contribution is -0.136. The van der Waals surface area contributed by atoms with Gasteiger partial charge < -0.3 is 10.1 Å². The van der Waals surface area contributed by atoms with Crippen LogP contribution in [0, 0.1) is 0 Å². The van der Waals surface area contributed by atoms with E-state index in [1.54, 1.807) is 6.92 Å². The number of esters is 1. The molecule has 1 heterocycles. The number of allylic oxidation sites excluding steroid dienone is 1.